The molecule has 0 fully saturated rings. The number of hydrogen-bond acceptors (Lipinski definition) is 6. The highest BCUT2D eigenvalue weighted by Gasteiger charge is 2.48. The fraction of sp³-hybridized carbons (Fsp3) is 0.500. The highest BCUT2D eigenvalue weighted by atomic mass is 16.5. The van der Waals surface area contributed by atoms with Crippen LogP contribution in [0.5, 0.6) is 0 Å². The summed E-state index contributed by atoms with van der Waals surface area (Å²) in [5.74, 6) is -1.03. The Balaban J connectivity index is 2.39. The second-order valence-corrected chi connectivity index (χ2v) is 4.33. The number of carboxylic acid groups (broad SMARTS) is 1. The highest BCUT2D eigenvalue weighted by Crippen LogP contribution is 2.31. The molecule has 2 heterocycles. The average Bonchev–Trinajstić information content (AvgIpc) is 2.86. The van der Waals surface area contributed by atoms with E-state index in [-0.39, 0.29) is 18.0 Å². The van der Waals surface area contributed by atoms with Crippen molar-refractivity contribution in [2.24, 2.45) is 4.99 Å². The van der Waals surface area contributed by atoms with E-state index in [1.165, 1.54) is 19.9 Å². The van der Waals surface area contributed by atoms with Gasteiger partial charge in [-0.3, -0.25) is 4.99 Å². The fourth-order valence-electron chi connectivity index (χ4n) is 1.45. The summed E-state index contributed by atoms with van der Waals surface area (Å²) in [7, 11) is 0. The Kier molecular flexibility index (Phi) is 2.43. The van der Waals surface area contributed by atoms with E-state index in [0.717, 1.165) is 6.40 Å². The molecule has 1 unspecified atom stereocenters. The lowest BCUT2D eigenvalue weighted by molar-refractivity contribution is -0.155. The van der Waals surface area contributed by atoms with Gasteiger partial charge in [0.25, 0.3) is 5.60 Å². The predicted molar refractivity (Wildman–Crippen MR) is 55.5 cm³/mol. The van der Waals surface area contributed by atoms with Crippen molar-refractivity contribution in [3.8, 4) is 0 Å². The summed E-state index contributed by atoms with van der Waals surface area (Å²) in [5, 5.41) is 22.5. The molecule has 0 bridgehead atoms. The van der Waals surface area contributed by atoms with E-state index in [4.69, 9.17) is 9.26 Å². The van der Waals surface area contributed by atoms with Crippen molar-refractivity contribution in [3.63, 3.8) is 0 Å². The highest BCUT2D eigenvalue weighted by molar-refractivity contribution is 5.82. The lowest BCUT2D eigenvalue weighted by atomic mass is 9.98. The number of aliphatic carboxylic acids is 1. The molecule has 1 aromatic heterocycles. The minimum atomic E-state index is -1.65. The molecule has 0 radical (unpaired) electrons. The van der Waals surface area contributed by atoms with Gasteiger partial charge in [0.15, 0.2) is 12.2 Å². The molecule has 1 aromatic rings. The third-order valence-corrected chi connectivity index (χ3v) is 2.51. The first kappa shape index (κ1) is 11.6. The molecule has 1 aliphatic rings. The molecule has 17 heavy (non-hydrogen) atoms. The molecule has 1 atom stereocenters. The van der Waals surface area contributed by atoms with Gasteiger partial charge in [0.05, 0.1) is 6.54 Å². The normalized spacial score (nSPS) is 23.7. The van der Waals surface area contributed by atoms with Crippen LogP contribution in [0.3, 0.4) is 0 Å². The largest absolute Gasteiger partial charge is 0.478 e. The Morgan fingerprint density at radius 1 is 1.59 bits per heavy atom. The topological polar surface area (TPSA) is 105 Å². The third kappa shape index (κ3) is 1.78. The van der Waals surface area contributed by atoms with E-state index >= 15 is 0 Å². The Labute approximate surface area is 96.7 Å². The summed E-state index contributed by atoms with van der Waals surface area (Å²) in [4.78, 5) is 15.0. The maximum Gasteiger partial charge on any atom is 0.356 e. The first-order chi connectivity index (χ1) is 7.86. The SMILES string of the molecule is CC(C)(O)c1cc(C2(C(=O)O)CN=CO2)no1. The number of carboxylic acids is 1. The van der Waals surface area contributed by atoms with Gasteiger partial charge in [0.1, 0.15) is 11.3 Å². The van der Waals surface area contributed by atoms with Gasteiger partial charge in [-0.25, -0.2) is 4.79 Å². The number of aliphatic hydroxyl groups is 1. The molecular weight excluding hydrogens is 228 g/mol. The lowest BCUT2D eigenvalue weighted by Crippen LogP contribution is -2.38. The minimum absolute atomic E-state index is 0.0693. The summed E-state index contributed by atoms with van der Waals surface area (Å²) < 4.78 is 9.94. The van der Waals surface area contributed by atoms with Crippen LogP contribution in [0.1, 0.15) is 25.3 Å². The Hall–Kier alpha value is -1.89. The molecule has 0 spiro atoms. The summed E-state index contributed by atoms with van der Waals surface area (Å²) >= 11 is 0. The zero-order chi connectivity index (χ0) is 12.7. The molecule has 0 amide bonds. The van der Waals surface area contributed by atoms with Crippen molar-refractivity contribution in [2.75, 3.05) is 6.54 Å². The van der Waals surface area contributed by atoms with Crippen molar-refractivity contribution in [3.05, 3.63) is 17.5 Å². The third-order valence-electron chi connectivity index (χ3n) is 2.51. The minimum Gasteiger partial charge on any atom is -0.478 e. The summed E-state index contributed by atoms with van der Waals surface area (Å²) in [6, 6.07) is 1.36. The van der Waals surface area contributed by atoms with Crippen LogP contribution in [-0.2, 0) is 20.7 Å². The standard InChI is InChI=1S/C10H12N2O5/c1-9(2,15)7-3-6(12-17-7)10(8(13)14)4-11-5-16-10/h3,5,15H,4H2,1-2H3,(H,13,14). The lowest BCUT2D eigenvalue weighted by Gasteiger charge is -2.18. The zero-order valence-electron chi connectivity index (χ0n) is 9.38. The maximum absolute atomic E-state index is 11.2. The molecule has 2 rings (SSSR count). The van der Waals surface area contributed by atoms with Crippen LogP contribution in [-0.4, -0.2) is 34.3 Å². The molecule has 92 valence electrons. The first-order valence-corrected chi connectivity index (χ1v) is 4.96. The van der Waals surface area contributed by atoms with Crippen LogP contribution < -0.4 is 0 Å². The number of rotatable bonds is 3. The van der Waals surface area contributed by atoms with Crippen LogP contribution in [0.15, 0.2) is 15.6 Å². The Morgan fingerprint density at radius 3 is 2.71 bits per heavy atom. The van der Waals surface area contributed by atoms with Crippen LogP contribution in [0.2, 0.25) is 0 Å². The quantitative estimate of drug-likeness (QED) is 0.784. The molecule has 2 N–H and O–H groups in total. The second kappa shape index (κ2) is 3.56. The molecular formula is C10H12N2O5. The van der Waals surface area contributed by atoms with Crippen molar-refractivity contribution in [1.29, 1.82) is 0 Å². The Morgan fingerprint density at radius 2 is 2.29 bits per heavy atom. The van der Waals surface area contributed by atoms with Gasteiger partial charge >= 0.3 is 5.97 Å². The molecule has 0 saturated heterocycles. The first-order valence-electron chi connectivity index (χ1n) is 4.96. The number of nitrogens with zero attached hydrogens (tertiary/aromatic N) is 2. The van der Waals surface area contributed by atoms with E-state index in [0.29, 0.717) is 0 Å². The number of aromatic nitrogens is 1. The van der Waals surface area contributed by atoms with Gasteiger partial charge in [0.2, 0.25) is 0 Å². The van der Waals surface area contributed by atoms with Gasteiger partial charge < -0.3 is 19.5 Å². The van der Waals surface area contributed by atoms with Crippen LogP contribution in [0.25, 0.3) is 0 Å². The van der Waals surface area contributed by atoms with E-state index in [9.17, 15) is 15.0 Å². The van der Waals surface area contributed by atoms with Gasteiger partial charge in [0, 0.05) is 6.07 Å². The smallest absolute Gasteiger partial charge is 0.356 e. The van der Waals surface area contributed by atoms with Gasteiger partial charge in [-0.1, -0.05) is 5.16 Å². The molecule has 0 aliphatic carbocycles. The monoisotopic (exact) mass is 240 g/mol. The van der Waals surface area contributed by atoms with E-state index < -0.39 is 17.2 Å². The molecule has 7 nitrogen and oxygen atoms in total. The molecule has 0 aromatic carbocycles. The van der Waals surface area contributed by atoms with Gasteiger partial charge in [-0.05, 0) is 13.8 Å². The zero-order valence-corrected chi connectivity index (χ0v) is 9.38. The van der Waals surface area contributed by atoms with Crippen molar-refractivity contribution >= 4 is 12.4 Å². The van der Waals surface area contributed by atoms with Crippen LogP contribution in [0, 0.1) is 0 Å². The van der Waals surface area contributed by atoms with Gasteiger partial charge in [-0.2, -0.15) is 0 Å². The van der Waals surface area contributed by atoms with Crippen molar-refractivity contribution in [2.45, 2.75) is 25.0 Å². The molecule has 0 saturated carbocycles. The maximum atomic E-state index is 11.2. The number of hydrogen-bond donors (Lipinski definition) is 2. The van der Waals surface area contributed by atoms with E-state index in [1.54, 1.807) is 0 Å². The molecule has 1 aliphatic heterocycles. The summed E-state index contributed by atoms with van der Waals surface area (Å²) in [6.45, 7) is 2.95. The summed E-state index contributed by atoms with van der Waals surface area (Å²) in [6.07, 6.45) is 1.08. The number of carbonyl (C=O) groups is 1. The molecule has 7 heteroatoms. The van der Waals surface area contributed by atoms with Crippen LogP contribution in [0.4, 0.5) is 0 Å². The van der Waals surface area contributed by atoms with E-state index in [1.807, 2.05) is 0 Å². The fourth-order valence-corrected chi connectivity index (χ4v) is 1.45. The van der Waals surface area contributed by atoms with Crippen LogP contribution >= 0.6 is 0 Å². The number of ether oxygens (including phenoxy) is 1. The van der Waals surface area contributed by atoms with Crippen molar-refractivity contribution < 1.29 is 24.3 Å². The number of aliphatic imine (C=N–C) groups is 1. The Bertz CT molecular complexity index is 463. The predicted octanol–water partition coefficient (Wildman–Crippen LogP) is 0.240. The average molecular weight is 240 g/mol. The van der Waals surface area contributed by atoms with Gasteiger partial charge in [-0.15, -0.1) is 0 Å². The van der Waals surface area contributed by atoms with Crippen molar-refractivity contribution in [1.82, 2.24) is 5.16 Å². The van der Waals surface area contributed by atoms with E-state index in [2.05, 4.69) is 10.1 Å². The summed E-state index contributed by atoms with van der Waals surface area (Å²) in [5.41, 5.74) is -2.79. The second-order valence-electron chi connectivity index (χ2n) is 4.33.